The van der Waals surface area contributed by atoms with Crippen molar-refractivity contribution < 1.29 is 9.53 Å². The fourth-order valence-corrected chi connectivity index (χ4v) is 1.42. The SMILES string of the molecule is CC(C#N)C(=O)NCCC1CCOC1. The minimum atomic E-state index is -0.546. The summed E-state index contributed by atoms with van der Waals surface area (Å²) in [5.41, 5.74) is 0. The zero-order chi connectivity index (χ0) is 10.4. The normalized spacial score (nSPS) is 22.7. The Hall–Kier alpha value is -1.08. The van der Waals surface area contributed by atoms with Gasteiger partial charge in [0.2, 0.25) is 5.91 Å². The van der Waals surface area contributed by atoms with Gasteiger partial charge in [0, 0.05) is 19.8 Å². The number of carbonyl (C=O) groups excluding carboxylic acids is 1. The molecule has 4 nitrogen and oxygen atoms in total. The molecule has 1 heterocycles. The first-order valence-electron chi connectivity index (χ1n) is 4.99. The smallest absolute Gasteiger partial charge is 0.237 e. The lowest BCUT2D eigenvalue weighted by Crippen LogP contribution is -2.30. The highest BCUT2D eigenvalue weighted by Gasteiger charge is 2.16. The molecule has 0 bridgehead atoms. The largest absolute Gasteiger partial charge is 0.381 e. The van der Waals surface area contributed by atoms with Crippen LogP contribution >= 0.6 is 0 Å². The van der Waals surface area contributed by atoms with Crippen molar-refractivity contribution in [2.24, 2.45) is 11.8 Å². The van der Waals surface area contributed by atoms with Gasteiger partial charge in [-0.15, -0.1) is 0 Å². The standard InChI is InChI=1S/C10H16N2O2/c1-8(6-11)10(13)12-4-2-9-3-5-14-7-9/h8-9H,2-5,7H2,1H3,(H,12,13). The monoisotopic (exact) mass is 196 g/mol. The Labute approximate surface area is 84.2 Å². The van der Waals surface area contributed by atoms with Crippen LogP contribution in [-0.2, 0) is 9.53 Å². The lowest BCUT2D eigenvalue weighted by atomic mass is 10.1. The van der Waals surface area contributed by atoms with Crippen LogP contribution < -0.4 is 5.32 Å². The average Bonchev–Trinajstić information content (AvgIpc) is 2.69. The summed E-state index contributed by atoms with van der Waals surface area (Å²) in [5, 5.41) is 11.2. The Bertz CT molecular complexity index is 229. The van der Waals surface area contributed by atoms with Crippen molar-refractivity contribution in [1.29, 1.82) is 5.26 Å². The first-order valence-corrected chi connectivity index (χ1v) is 4.99. The molecule has 0 spiro atoms. The van der Waals surface area contributed by atoms with Crippen LogP contribution in [0.5, 0.6) is 0 Å². The van der Waals surface area contributed by atoms with E-state index in [0.717, 1.165) is 26.1 Å². The minimum absolute atomic E-state index is 0.175. The molecule has 0 aliphatic carbocycles. The lowest BCUT2D eigenvalue weighted by molar-refractivity contribution is -0.122. The summed E-state index contributed by atoms with van der Waals surface area (Å²) in [4.78, 5) is 11.2. The van der Waals surface area contributed by atoms with Crippen LogP contribution in [0.3, 0.4) is 0 Å². The average molecular weight is 196 g/mol. The van der Waals surface area contributed by atoms with E-state index in [1.165, 1.54) is 0 Å². The predicted molar refractivity (Wildman–Crippen MR) is 51.3 cm³/mol. The van der Waals surface area contributed by atoms with Gasteiger partial charge in [-0.1, -0.05) is 0 Å². The second-order valence-corrected chi connectivity index (χ2v) is 3.66. The molecule has 4 heteroatoms. The number of amides is 1. The maximum atomic E-state index is 11.2. The summed E-state index contributed by atoms with van der Waals surface area (Å²) < 4.78 is 5.22. The van der Waals surface area contributed by atoms with E-state index in [9.17, 15) is 4.79 Å². The fraction of sp³-hybridized carbons (Fsp3) is 0.800. The van der Waals surface area contributed by atoms with Gasteiger partial charge in [-0.25, -0.2) is 0 Å². The number of hydrogen-bond donors (Lipinski definition) is 1. The predicted octanol–water partition coefficient (Wildman–Crippen LogP) is 0.689. The van der Waals surface area contributed by atoms with Gasteiger partial charge in [-0.2, -0.15) is 5.26 Å². The Morgan fingerprint density at radius 2 is 2.57 bits per heavy atom. The number of nitriles is 1. The molecule has 0 saturated carbocycles. The van der Waals surface area contributed by atoms with Crippen molar-refractivity contribution in [3.05, 3.63) is 0 Å². The van der Waals surface area contributed by atoms with Crippen LogP contribution in [-0.4, -0.2) is 25.7 Å². The third-order valence-electron chi connectivity index (χ3n) is 2.46. The molecule has 1 amide bonds. The van der Waals surface area contributed by atoms with E-state index in [0.29, 0.717) is 12.5 Å². The first kappa shape index (κ1) is 11.0. The van der Waals surface area contributed by atoms with E-state index in [1.807, 2.05) is 6.07 Å². The summed E-state index contributed by atoms with van der Waals surface area (Å²) in [7, 11) is 0. The lowest BCUT2D eigenvalue weighted by Gasteiger charge is -2.09. The molecule has 0 radical (unpaired) electrons. The second kappa shape index (κ2) is 5.61. The third-order valence-corrected chi connectivity index (χ3v) is 2.46. The molecule has 0 aromatic rings. The van der Waals surface area contributed by atoms with Gasteiger partial charge >= 0.3 is 0 Å². The molecule has 0 aromatic heterocycles. The molecule has 1 N–H and O–H groups in total. The number of nitrogens with zero attached hydrogens (tertiary/aromatic N) is 1. The van der Waals surface area contributed by atoms with Gasteiger partial charge < -0.3 is 10.1 Å². The van der Waals surface area contributed by atoms with Crippen LogP contribution in [0.15, 0.2) is 0 Å². The summed E-state index contributed by atoms with van der Waals surface area (Å²) in [5.74, 6) is -0.145. The molecule has 0 aromatic carbocycles. The molecule has 14 heavy (non-hydrogen) atoms. The first-order chi connectivity index (χ1) is 6.74. The van der Waals surface area contributed by atoms with Crippen LogP contribution in [0.4, 0.5) is 0 Å². The molecular weight excluding hydrogens is 180 g/mol. The topological polar surface area (TPSA) is 62.1 Å². The summed E-state index contributed by atoms with van der Waals surface area (Å²) in [6, 6.07) is 1.91. The van der Waals surface area contributed by atoms with Gasteiger partial charge in [-0.3, -0.25) is 4.79 Å². The van der Waals surface area contributed by atoms with Gasteiger partial charge in [0.1, 0.15) is 5.92 Å². The Morgan fingerprint density at radius 3 is 3.14 bits per heavy atom. The van der Waals surface area contributed by atoms with Crippen molar-refractivity contribution in [1.82, 2.24) is 5.32 Å². The Kier molecular flexibility index (Phi) is 4.41. The van der Waals surface area contributed by atoms with Crippen LogP contribution in [0.2, 0.25) is 0 Å². The van der Waals surface area contributed by atoms with Crippen LogP contribution in [0, 0.1) is 23.2 Å². The van der Waals surface area contributed by atoms with E-state index in [2.05, 4.69) is 5.32 Å². The zero-order valence-electron chi connectivity index (χ0n) is 8.45. The summed E-state index contributed by atoms with van der Waals surface area (Å²) in [6.07, 6.45) is 2.04. The van der Waals surface area contributed by atoms with Gasteiger partial charge in [0.25, 0.3) is 0 Å². The van der Waals surface area contributed by atoms with Crippen LogP contribution in [0.25, 0.3) is 0 Å². The van der Waals surface area contributed by atoms with Crippen molar-refractivity contribution in [2.75, 3.05) is 19.8 Å². The van der Waals surface area contributed by atoms with E-state index in [4.69, 9.17) is 10.00 Å². The molecule has 1 aliphatic heterocycles. The second-order valence-electron chi connectivity index (χ2n) is 3.66. The van der Waals surface area contributed by atoms with Gasteiger partial charge in [0.05, 0.1) is 6.07 Å². The number of hydrogen-bond acceptors (Lipinski definition) is 3. The molecule has 1 rings (SSSR count). The number of rotatable bonds is 4. The van der Waals surface area contributed by atoms with E-state index < -0.39 is 5.92 Å². The van der Waals surface area contributed by atoms with E-state index in [1.54, 1.807) is 6.92 Å². The third kappa shape index (κ3) is 3.35. The molecule has 2 atom stereocenters. The summed E-state index contributed by atoms with van der Waals surface area (Å²) in [6.45, 7) is 3.91. The highest BCUT2D eigenvalue weighted by Crippen LogP contribution is 2.15. The van der Waals surface area contributed by atoms with E-state index >= 15 is 0 Å². The Balaban J connectivity index is 2.09. The highest BCUT2D eigenvalue weighted by atomic mass is 16.5. The molecule has 1 aliphatic rings. The quantitative estimate of drug-likeness (QED) is 0.719. The molecule has 1 saturated heterocycles. The van der Waals surface area contributed by atoms with Gasteiger partial charge in [0.15, 0.2) is 0 Å². The maximum Gasteiger partial charge on any atom is 0.237 e. The molecule has 1 fully saturated rings. The minimum Gasteiger partial charge on any atom is -0.381 e. The van der Waals surface area contributed by atoms with E-state index in [-0.39, 0.29) is 5.91 Å². The Morgan fingerprint density at radius 1 is 1.79 bits per heavy atom. The number of carbonyl (C=O) groups is 1. The fourth-order valence-electron chi connectivity index (χ4n) is 1.42. The maximum absolute atomic E-state index is 11.2. The summed E-state index contributed by atoms with van der Waals surface area (Å²) >= 11 is 0. The molecular formula is C10H16N2O2. The van der Waals surface area contributed by atoms with Crippen molar-refractivity contribution in [3.63, 3.8) is 0 Å². The van der Waals surface area contributed by atoms with Crippen molar-refractivity contribution in [3.8, 4) is 6.07 Å². The number of ether oxygens (including phenoxy) is 1. The van der Waals surface area contributed by atoms with Gasteiger partial charge in [-0.05, 0) is 25.7 Å². The highest BCUT2D eigenvalue weighted by molar-refractivity contribution is 5.80. The van der Waals surface area contributed by atoms with Crippen molar-refractivity contribution >= 4 is 5.91 Å². The van der Waals surface area contributed by atoms with Crippen molar-refractivity contribution in [2.45, 2.75) is 19.8 Å². The van der Waals surface area contributed by atoms with Crippen LogP contribution in [0.1, 0.15) is 19.8 Å². The molecule has 78 valence electrons. The molecule has 2 unspecified atom stereocenters. The zero-order valence-corrected chi connectivity index (χ0v) is 8.45. The number of nitrogens with one attached hydrogen (secondary N) is 1.